The van der Waals surface area contributed by atoms with Gasteiger partial charge in [0.2, 0.25) is 0 Å². The van der Waals surface area contributed by atoms with Crippen LogP contribution in [0.3, 0.4) is 0 Å². The summed E-state index contributed by atoms with van der Waals surface area (Å²) in [6.45, 7) is 0. The van der Waals surface area contributed by atoms with E-state index in [4.69, 9.17) is 14.2 Å². The predicted molar refractivity (Wildman–Crippen MR) is 100 cm³/mol. The van der Waals surface area contributed by atoms with E-state index >= 15 is 0 Å². The number of amides is 1. The van der Waals surface area contributed by atoms with Gasteiger partial charge in [0.15, 0.2) is 0 Å². The minimum absolute atomic E-state index is 0.265. The van der Waals surface area contributed by atoms with Gasteiger partial charge in [0.1, 0.15) is 23.0 Å². The smallest absolute Gasteiger partial charge is 0.255 e. The number of ether oxygens (including phenoxy) is 3. The maximum absolute atomic E-state index is 12.6. The average Bonchev–Trinajstić information content (AvgIpc) is 2.68. The molecule has 26 heavy (non-hydrogen) atoms. The first-order chi connectivity index (χ1) is 12.7. The molecule has 0 radical (unpaired) electrons. The summed E-state index contributed by atoms with van der Waals surface area (Å²) in [7, 11) is 3.09. The van der Waals surface area contributed by atoms with E-state index in [1.54, 1.807) is 44.6 Å². The van der Waals surface area contributed by atoms with Gasteiger partial charge >= 0.3 is 0 Å². The molecule has 3 aromatic rings. The Morgan fingerprint density at radius 1 is 0.731 bits per heavy atom. The molecule has 3 rings (SSSR count). The summed E-state index contributed by atoms with van der Waals surface area (Å²) in [5.41, 5.74) is 1.07. The zero-order valence-electron chi connectivity index (χ0n) is 14.6. The third-order valence-electron chi connectivity index (χ3n) is 3.68. The maximum Gasteiger partial charge on any atom is 0.255 e. The molecule has 0 fully saturated rings. The highest BCUT2D eigenvalue weighted by Crippen LogP contribution is 2.26. The second-order valence-corrected chi connectivity index (χ2v) is 5.50. The molecule has 3 aromatic carbocycles. The van der Waals surface area contributed by atoms with Crippen molar-refractivity contribution in [1.29, 1.82) is 0 Å². The van der Waals surface area contributed by atoms with Gasteiger partial charge in [0.25, 0.3) is 5.91 Å². The molecule has 0 heterocycles. The van der Waals surface area contributed by atoms with Crippen LogP contribution in [0.25, 0.3) is 0 Å². The Morgan fingerprint density at radius 3 is 2.04 bits per heavy atom. The Labute approximate surface area is 152 Å². The lowest BCUT2D eigenvalue weighted by Crippen LogP contribution is -2.12. The van der Waals surface area contributed by atoms with Crippen LogP contribution < -0.4 is 19.5 Å². The zero-order chi connectivity index (χ0) is 18.4. The lowest BCUT2D eigenvalue weighted by Gasteiger charge is -2.11. The van der Waals surface area contributed by atoms with Crippen molar-refractivity contribution in [3.05, 3.63) is 78.4 Å². The number of nitrogens with one attached hydrogen (secondary N) is 1. The van der Waals surface area contributed by atoms with Crippen LogP contribution in [-0.2, 0) is 0 Å². The van der Waals surface area contributed by atoms with E-state index in [9.17, 15) is 4.79 Å². The lowest BCUT2D eigenvalue weighted by molar-refractivity contribution is 0.102. The van der Waals surface area contributed by atoms with Crippen molar-refractivity contribution in [1.82, 2.24) is 0 Å². The van der Waals surface area contributed by atoms with Gasteiger partial charge in [-0.15, -0.1) is 0 Å². The molecule has 0 saturated carbocycles. The van der Waals surface area contributed by atoms with E-state index in [0.717, 1.165) is 5.75 Å². The summed E-state index contributed by atoms with van der Waals surface area (Å²) in [5, 5.41) is 2.86. The molecule has 0 spiro atoms. The van der Waals surface area contributed by atoms with E-state index < -0.39 is 0 Å². The van der Waals surface area contributed by atoms with Crippen LogP contribution in [0.15, 0.2) is 72.8 Å². The Morgan fingerprint density at radius 2 is 1.38 bits per heavy atom. The predicted octanol–water partition coefficient (Wildman–Crippen LogP) is 4.75. The number of carbonyl (C=O) groups is 1. The third-order valence-corrected chi connectivity index (χ3v) is 3.68. The van der Waals surface area contributed by atoms with Crippen molar-refractivity contribution in [2.75, 3.05) is 19.5 Å². The SMILES string of the molecule is COc1cc(OC)cc(C(=O)Nc2cccc(Oc3ccccc3)c2)c1. The lowest BCUT2D eigenvalue weighted by atomic mass is 10.1. The van der Waals surface area contributed by atoms with Gasteiger partial charge in [-0.25, -0.2) is 0 Å². The van der Waals surface area contributed by atoms with Gasteiger partial charge < -0.3 is 19.5 Å². The molecule has 0 unspecified atom stereocenters. The van der Waals surface area contributed by atoms with Crippen LogP contribution in [-0.4, -0.2) is 20.1 Å². The van der Waals surface area contributed by atoms with Crippen LogP contribution in [0.1, 0.15) is 10.4 Å². The van der Waals surface area contributed by atoms with Crippen molar-refractivity contribution in [2.24, 2.45) is 0 Å². The number of benzene rings is 3. The monoisotopic (exact) mass is 349 g/mol. The summed E-state index contributed by atoms with van der Waals surface area (Å²) in [4.78, 5) is 12.6. The van der Waals surface area contributed by atoms with Crippen molar-refractivity contribution in [3.8, 4) is 23.0 Å². The molecular formula is C21H19NO4. The summed E-state index contributed by atoms with van der Waals surface area (Å²) in [5.74, 6) is 2.20. The topological polar surface area (TPSA) is 56.8 Å². The quantitative estimate of drug-likeness (QED) is 0.698. The molecular weight excluding hydrogens is 330 g/mol. The van der Waals surface area contributed by atoms with E-state index in [2.05, 4.69) is 5.32 Å². The van der Waals surface area contributed by atoms with Gasteiger partial charge in [0.05, 0.1) is 14.2 Å². The molecule has 0 aliphatic rings. The molecule has 0 saturated heterocycles. The molecule has 0 bridgehead atoms. The first-order valence-electron chi connectivity index (χ1n) is 8.05. The largest absolute Gasteiger partial charge is 0.497 e. The van der Waals surface area contributed by atoms with Gasteiger partial charge in [-0.3, -0.25) is 4.79 Å². The van der Waals surface area contributed by atoms with Gasteiger partial charge in [-0.05, 0) is 36.4 Å². The highest BCUT2D eigenvalue weighted by Gasteiger charge is 2.11. The van der Waals surface area contributed by atoms with E-state index in [-0.39, 0.29) is 5.91 Å². The molecule has 5 nitrogen and oxygen atoms in total. The Balaban J connectivity index is 1.76. The summed E-state index contributed by atoms with van der Waals surface area (Å²) < 4.78 is 16.2. The third kappa shape index (κ3) is 4.33. The standard InChI is InChI=1S/C21H19NO4/c1-24-19-11-15(12-20(14-19)25-2)21(23)22-16-7-6-10-18(13-16)26-17-8-4-3-5-9-17/h3-14H,1-2H3,(H,22,23). The second-order valence-electron chi connectivity index (χ2n) is 5.50. The van der Waals surface area contributed by atoms with Crippen LogP contribution in [0.2, 0.25) is 0 Å². The van der Waals surface area contributed by atoms with E-state index in [0.29, 0.717) is 28.5 Å². The number of hydrogen-bond acceptors (Lipinski definition) is 4. The minimum Gasteiger partial charge on any atom is -0.497 e. The first-order valence-corrected chi connectivity index (χ1v) is 8.05. The van der Waals surface area contributed by atoms with E-state index in [1.165, 1.54) is 0 Å². The molecule has 0 aliphatic heterocycles. The fourth-order valence-corrected chi connectivity index (χ4v) is 2.40. The normalized spacial score (nSPS) is 10.1. The van der Waals surface area contributed by atoms with Crippen LogP contribution >= 0.6 is 0 Å². The maximum atomic E-state index is 12.6. The van der Waals surface area contributed by atoms with Crippen molar-refractivity contribution < 1.29 is 19.0 Å². The first kappa shape index (κ1) is 17.4. The van der Waals surface area contributed by atoms with Gasteiger partial charge in [0, 0.05) is 23.4 Å². The van der Waals surface area contributed by atoms with Gasteiger partial charge in [-0.1, -0.05) is 24.3 Å². The van der Waals surface area contributed by atoms with Crippen LogP contribution in [0.5, 0.6) is 23.0 Å². The molecule has 5 heteroatoms. The number of methoxy groups -OCH3 is 2. The van der Waals surface area contributed by atoms with Crippen molar-refractivity contribution in [3.63, 3.8) is 0 Å². The Kier molecular flexibility index (Phi) is 5.39. The number of anilines is 1. The fraction of sp³-hybridized carbons (Fsp3) is 0.0952. The molecule has 0 aromatic heterocycles. The van der Waals surface area contributed by atoms with Crippen LogP contribution in [0, 0.1) is 0 Å². The number of hydrogen-bond donors (Lipinski definition) is 1. The van der Waals surface area contributed by atoms with Crippen LogP contribution in [0.4, 0.5) is 5.69 Å². The molecule has 1 N–H and O–H groups in total. The number of rotatable bonds is 6. The summed E-state index contributed by atoms with van der Waals surface area (Å²) >= 11 is 0. The number of carbonyl (C=O) groups excluding carboxylic acids is 1. The number of para-hydroxylation sites is 1. The minimum atomic E-state index is -0.265. The molecule has 132 valence electrons. The highest BCUT2D eigenvalue weighted by molar-refractivity contribution is 6.04. The Hall–Kier alpha value is -3.47. The second kappa shape index (κ2) is 8.07. The van der Waals surface area contributed by atoms with Crippen molar-refractivity contribution in [2.45, 2.75) is 0 Å². The average molecular weight is 349 g/mol. The zero-order valence-corrected chi connectivity index (χ0v) is 14.6. The van der Waals surface area contributed by atoms with E-state index in [1.807, 2.05) is 42.5 Å². The summed E-state index contributed by atoms with van der Waals surface area (Å²) in [6.07, 6.45) is 0. The molecule has 0 aliphatic carbocycles. The Bertz CT molecular complexity index is 871. The highest BCUT2D eigenvalue weighted by atomic mass is 16.5. The fourth-order valence-electron chi connectivity index (χ4n) is 2.40. The van der Waals surface area contributed by atoms with Gasteiger partial charge in [-0.2, -0.15) is 0 Å². The molecule has 1 amide bonds. The van der Waals surface area contributed by atoms with Crippen molar-refractivity contribution >= 4 is 11.6 Å². The summed E-state index contributed by atoms with van der Waals surface area (Å²) in [6, 6.07) is 21.7. The molecule has 0 atom stereocenters.